The molecule has 0 aliphatic heterocycles. The van der Waals surface area contributed by atoms with Crippen LogP contribution in [0.25, 0.3) is 5.69 Å². The van der Waals surface area contributed by atoms with E-state index in [1.165, 1.54) is 0 Å². The number of hydrogen-bond donors (Lipinski definition) is 1. The summed E-state index contributed by atoms with van der Waals surface area (Å²) in [7, 11) is 0. The van der Waals surface area contributed by atoms with E-state index in [9.17, 15) is 4.79 Å². The number of halogens is 4. The molecule has 26 heavy (non-hydrogen) atoms. The summed E-state index contributed by atoms with van der Waals surface area (Å²) >= 11 is 23.0. The lowest BCUT2D eigenvalue weighted by molar-refractivity contribution is 0.163. The minimum Gasteiger partial charge on any atom is -0.445 e. The van der Waals surface area contributed by atoms with Gasteiger partial charge >= 0.3 is 6.09 Å². The van der Waals surface area contributed by atoms with Gasteiger partial charge in [-0.3, -0.25) is 5.32 Å². The monoisotopic (exact) mass is 437 g/mol. The van der Waals surface area contributed by atoms with E-state index in [0.717, 1.165) is 11.3 Å². The molecule has 2 rings (SSSR count). The average Bonchev–Trinajstić information content (AvgIpc) is 2.91. The highest BCUT2D eigenvalue weighted by atomic mass is 35.6. The van der Waals surface area contributed by atoms with E-state index >= 15 is 0 Å². The van der Waals surface area contributed by atoms with Crippen molar-refractivity contribution in [2.24, 2.45) is 0 Å². The van der Waals surface area contributed by atoms with E-state index in [4.69, 9.17) is 51.1 Å². The number of nitrogens with zero attached hydrogens (tertiary/aromatic N) is 2. The number of anilines is 1. The third-order valence-electron chi connectivity index (χ3n) is 3.47. The van der Waals surface area contributed by atoms with Crippen molar-refractivity contribution in [2.45, 2.75) is 36.9 Å². The first-order valence-electron chi connectivity index (χ1n) is 7.74. The van der Waals surface area contributed by atoms with E-state index in [0.29, 0.717) is 16.5 Å². The summed E-state index contributed by atoms with van der Waals surface area (Å²) < 4.78 is 4.83. The van der Waals surface area contributed by atoms with Crippen LogP contribution >= 0.6 is 46.4 Å². The van der Waals surface area contributed by atoms with Crippen molar-refractivity contribution in [3.63, 3.8) is 0 Å². The summed E-state index contributed by atoms with van der Waals surface area (Å²) in [5.41, 5.74) is 2.20. The number of rotatable bonds is 3. The Bertz CT molecular complexity index is 807. The molecule has 0 saturated heterocycles. The van der Waals surface area contributed by atoms with Gasteiger partial charge in [-0.2, -0.15) is 5.10 Å². The number of nitrogens with one attached hydrogen (secondary N) is 1. The quantitative estimate of drug-likeness (QED) is 0.593. The molecule has 0 fully saturated rings. The first kappa shape index (κ1) is 21.2. The van der Waals surface area contributed by atoms with Crippen LogP contribution in [0.2, 0.25) is 5.02 Å². The van der Waals surface area contributed by atoms with Gasteiger partial charge in [0.25, 0.3) is 0 Å². The van der Waals surface area contributed by atoms with Crippen LogP contribution in [0, 0.1) is 6.92 Å². The zero-order chi connectivity index (χ0) is 19.7. The minimum atomic E-state index is -1.68. The fourth-order valence-corrected chi connectivity index (χ4v) is 2.37. The van der Waals surface area contributed by atoms with Gasteiger partial charge in [0.15, 0.2) is 0 Å². The number of amides is 1. The standard InChI is InChI=1S/C17H19Cl4N3O2/c1-10-5-6-11(7-12(10)18)24-14(8-13(23-24)16(2,3)4)22-15(25)26-9-17(19,20)21/h5-8H,9H2,1-4H3,(H,22,25). The molecule has 142 valence electrons. The fourth-order valence-electron chi connectivity index (χ4n) is 2.04. The van der Waals surface area contributed by atoms with Crippen molar-refractivity contribution in [1.82, 2.24) is 9.78 Å². The SMILES string of the molecule is Cc1ccc(-n2nc(C(C)(C)C)cc2NC(=O)OCC(Cl)(Cl)Cl)cc1Cl. The van der Waals surface area contributed by atoms with Gasteiger partial charge in [-0.15, -0.1) is 0 Å². The van der Waals surface area contributed by atoms with Crippen LogP contribution in [0.4, 0.5) is 10.6 Å². The van der Waals surface area contributed by atoms with Crippen LogP contribution in [0.15, 0.2) is 24.3 Å². The summed E-state index contributed by atoms with van der Waals surface area (Å²) in [6.45, 7) is 7.59. The Morgan fingerprint density at radius 1 is 1.23 bits per heavy atom. The Kier molecular flexibility index (Phi) is 6.39. The molecule has 0 spiro atoms. The van der Waals surface area contributed by atoms with Gasteiger partial charge in [-0.1, -0.05) is 73.2 Å². The molecule has 9 heteroatoms. The second-order valence-electron chi connectivity index (χ2n) is 6.83. The molecule has 0 unspecified atom stereocenters. The molecule has 0 radical (unpaired) electrons. The number of ether oxygens (including phenoxy) is 1. The van der Waals surface area contributed by atoms with Crippen molar-refractivity contribution in [3.8, 4) is 5.69 Å². The van der Waals surface area contributed by atoms with Crippen LogP contribution in [0.1, 0.15) is 32.0 Å². The predicted octanol–water partition coefficient (Wildman–Crippen LogP) is 6.05. The number of hydrogen-bond acceptors (Lipinski definition) is 3. The molecular formula is C17H19Cl4N3O2. The van der Waals surface area contributed by atoms with Gasteiger partial charge in [0.2, 0.25) is 3.79 Å². The highest BCUT2D eigenvalue weighted by Gasteiger charge is 2.24. The van der Waals surface area contributed by atoms with Crippen molar-refractivity contribution < 1.29 is 9.53 Å². The third kappa shape index (κ3) is 5.68. The molecule has 0 saturated carbocycles. The maximum Gasteiger partial charge on any atom is 0.412 e. The largest absolute Gasteiger partial charge is 0.445 e. The normalized spacial score (nSPS) is 12.2. The van der Waals surface area contributed by atoms with Crippen LogP contribution in [0.3, 0.4) is 0 Å². The Balaban J connectivity index is 2.36. The first-order chi connectivity index (χ1) is 11.9. The highest BCUT2D eigenvalue weighted by Crippen LogP contribution is 2.29. The molecule has 1 aromatic heterocycles. The zero-order valence-corrected chi connectivity index (χ0v) is 17.8. The summed E-state index contributed by atoms with van der Waals surface area (Å²) in [5.74, 6) is 0.421. The summed E-state index contributed by atoms with van der Waals surface area (Å²) in [5, 5.41) is 7.82. The van der Waals surface area contributed by atoms with E-state index < -0.39 is 9.89 Å². The van der Waals surface area contributed by atoms with E-state index in [-0.39, 0.29) is 12.0 Å². The average molecular weight is 439 g/mol. The van der Waals surface area contributed by atoms with E-state index in [1.807, 2.05) is 39.8 Å². The van der Waals surface area contributed by atoms with Crippen LogP contribution in [-0.4, -0.2) is 26.3 Å². The van der Waals surface area contributed by atoms with Crippen molar-refractivity contribution in [1.29, 1.82) is 0 Å². The summed E-state index contributed by atoms with van der Waals surface area (Å²) in [4.78, 5) is 12.0. The minimum absolute atomic E-state index is 0.225. The molecule has 1 N–H and O–H groups in total. The lowest BCUT2D eigenvalue weighted by Gasteiger charge is -2.14. The number of aromatic nitrogens is 2. The van der Waals surface area contributed by atoms with Gasteiger partial charge in [0.05, 0.1) is 11.4 Å². The molecule has 1 aromatic carbocycles. The Morgan fingerprint density at radius 3 is 2.42 bits per heavy atom. The maximum atomic E-state index is 12.0. The van der Waals surface area contributed by atoms with Gasteiger partial charge < -0.3 is 4.74 Å². The number of aryl methyl sites for hydroxylation is 1. The van der Waals surface area contributed by atoms with Crippen molar-refractivity contribution in [2.75, 3.05) is 11.9 Å². The maximum absolute atomic E-state index is 12.0. The van der Waals surface area contributed by atoms with Gasteiger partial charge in [-0.05, 0) is 24.6 Å². The number of benzene rings is 1. The third-order valence-corrected chi connectivity index (χ3v) is 4.21. The lowest BCUT2D eigenvalue weighted by atomic mass is 9.92. The summed E-state index contributed by atoms with van der Waals surface area (Å²) in [6.07, 6.45) is -0.754. The lowest BCUT2D eigenvalue weighted by Crippen LogP contribution is -2.22. The molecule has 2 aromatic rings. The topological polar surface area (TPSA) is 56.2 Å². The molecule has 0 aliphatic rings. The number of alkyl halides is 3. The summed E-state index contributed by atoms with van der Waals surface area (Å²) in [6, 6.07) is 7.28. The smallest absolute Gasteiger partial charge is 0.412 e. The molecule has 0 atom stereocenters. The van der Waals surface area contributed by atoms with Crippen molar-refractivity contribution in [3.05, 3.63) is 40.5 Å². The molecule has 1 heterocycles. The van der Waals surface area contributed by atoms with Gasteiger partial charge in [0, 0.05) is 16.5 Å². The Hall–Kier alpha value is -1.14. The molecule has 1 amide bonds. The van der Waals surface area contributed by atoms with Gasteiger partial charge in [-0.25, -0.2) is 9.48 Å². The fraction of sp³-hybridized carbons (Fsp3) is 0.412. The Morgan fingerprint density at radius 2 is 1.88 bits per heavy atom. The van der Waals surface area contributed by atoms with Crippen LogP contribution in [-0.2, 0) is 10.2 Å². The molecule has 0 bridgehead atoms. The van der Waals surface area contributed by atoms with Crippen molar-refractivity contribution >= 4 is 58.3 Å². The van der Waals surface area contributed by atoms with E-state index in [1.54, 1.807) is 16.8 Å². The second kappa shape index (κ2) is 7.85. The highest BCUT2D eigenvalue weighted by molar-refractivity contribution is 6.67. The molecule has 5 nitrogen and oxygen atoms in total. The zero-order valence-electron chi connectivity index (χ0n) is 14.7. The number of carbonyl (C=O) groups is 1. The van der Waals surface area contributed by atoms with Crippen LogP contribution in [0.5, 0.6) is 0 Å². The first-order valence-corrected chi connectivity index (χ1v) is 9.25. The number of carbonyl (C=O) groups excluding carboxylic acids is 1. The van der Waals surface area contributed by atoms with Crippen LogP contribution < -0.4 is 5.32 Å². The molecule has 0 aliphatic carbocycles. The molecular weight excluding hydrogens is 420 g/mol. The predicted molar refractivity (Wildman–Crippen MR) is 107 cm³/mol. The second-order valence-corrected chi connectivity index (χ2v) is 9.75. The Labute approximate surface area is 172 Å². The van der Waals surface area contributed by atoms with Gasteiger partial charge in [0.1, 0.15) is 12.4 Å². The van der Waals surface area contributed by atoms with E-state index in [2.05, 4.69) is 10.4 Å².